The molecule has 0 spiro atoms. The Hall–Kier alpha value is -5.20. The highest BCUT2D eigenvalue weighted by atomic mass is 16.6. The topological polar surface area (TPSA) is 182 Å². The molecule has 0 fully saturated rings. The van der Waals surface area contributed by atoms with Crippen LogP contribution in [-0.2, 0) is 4.74 Å². The summed E-state index contributed by atoms with van der Waals surface area (Å²) >= 11 is 0. The van der Waals surface area contributed by atoms with Crippen LogP contribution < -0.4 is 4.74 Å². The van der Waals surface area contributed by atoms with E-state index < -0.39 is 44.5 Å². The van der Waals surface area contributed by atoms with Gasteiger partial charge in [0.15, 0.2) is 12.4 Å². The fourth-order valence-corrected chi connectivity index (χ4v) is 2.70. The molecule has 0 bridgehead atoms. The molecule has 0 aliphatic carbocycles. The summed E-state index contributed by atoms with van der Waals surface area (Å²) in [7, 11) is 0. The zero-order chi connectivity index (χ0) is 24.8. The minimum atomic E-state index is -0.830. The first-order chi connectivity index (χ1) is 16.2. The van der Waals surface area contributed by atoms with Crippen LogP contribution in [0.1, 0.15) is 20.7 Å². The summed E-state index contributed by atoms with van der Waals surface area (Å²) in [6.07, 6.45) is 0. The SMILES string of the molecule is O=C(COC(=O)c1ccc(Oc2ccc([N+](=O)[O-])cc2[N+](=O)[O-])cc1)c1ccc([N+](=O)[O-])cc1. The number of ketones is 1. The lowest BCUT2D eigenvalue weighted by Crippen LogP contribution is -2.14. The first-order valence-corrected chi connectivity index (χ1v) is 9.31. The third-order valence-electron chi connectivity index (χ3n) is 4.40. The van der Waals surface area contributed by atoms with Crippen molar-refractivity contribution in [3.8, 4) is 11.5 Å². The van der Waals surface area contributed by atoms with Crippen LogP contribution in [0.25, 0.3) is 0 Å². The van der Waals surface area contributed by atoms with E-state index in [-0.39, 0.29) is 28.3 Å². The number of non-ortho nitro benzene ring substituents is 2. The van der Waals surface area contributed by atoms with Crippen LogP contribution in [-0.4, -0.2) is 33.1 Å². The van der Waals surface area contributed by atoms with Gasteiger partial charge in [-0.25, -0.2) is 4.79 Å². The number of benzene rings is 3. The lowest BCUT2D eigenvalue weighted by atomic mass is 10.1. The van der Waals surface area contributed by atoms with E-state index in [1.54, 1.807) is 0 Å². The normalized spacial score (nSPS) is 10.2. The van der Waals surface area contributed by atoms with Gasteiger partial charge in [-0.15, -0.1) is 0 Å². The van der Waals surface area contributed by atoms with Crippen molar-refractivity contribution >= 4 is 28.8 Å². The van der Waals surface area contributed by atoms with Gasteiger partial charge in [-0.2, -0.15) is 0 Å². The number of carbonyl (C=O) groups excluding carboxylic acids is 2. The Morgan fingerprint density at radius 1 is 0.706 bits per heavy atom. The molecule has 0 saturated carbocycles. The van der Waals surface area contributed by atoms with Crippen molar-refractivity contribution in [2.75, 3.05) is 6.61 Å². The van der Waals surface area contributed by atoms with E-state index in [0.29, 0.717) is 0 Å². The molecule has 0 aliphatic heterocycles. The number of nitro groups is 3. The molecule has 0 aliphatic rings. The van der Waals surface area contributed by atoms with Gasteiger partial charge in [-0.05, 0) is 42.5 Å². The average molecular weight is 467 g/mol. The first kappa shape index (κ1) is 23.5. The molecule has 3 rings (SSSR count). The van der Waals surface area contributed by atoms with Gasteiger partial charge in [0.2, 0.25) is 5.75 Å². The van der Waals surface area contributed by atoms with Gasteiger partial charge in [0.05, 0.1) is 26.4 Å². The molecule has 3 aromatic carbocycles. The molecule has 0 saturated heterocycles. The molecule has 0 amide bonds. The fourth-order valence-electron chi connectivity index (χ4n) is 2.70. The number of hydrogen-bond acceptors (Lipinski definition) is 10. The van der Waals surface area contributed by atoms with Crippen molar-refractivity contribution in [3.63, 3.8) is 0 Å². The highest BCUT2D eigenvalue weighted by Crippen LogP contribution is 2.34. The molecule has 0 radical (unpaired) electrons. The lowest BCUT2D eigenvalue weighted by molar-refractivity contribution is -0.394. The molecule has 0 atom stereocenters. The molecule has 13 heteroatoms. The third-order valence-corrected chi connectivity index (χ3v) is 4.40. The van der Waals surface area contributed by atoms with Gasteiger partial charge >= 0.3 is 11.7 Å². The summed E-state index contributed by atoms with van der Waals surface area (Å²) in [6, 6.07) is 12.9. The van der Waals surface area contributed by atoms with E-state index >= 15 is 0 Å². The van der Waals surface area contributed by atoms with Gasteiger partial charge in [-0.3, -0.25) is 35.1 Å². The summed E-state index contributed by atoms with van der Waals surface area (Å²) in [5.41, 5.74) is -1.08. The number of ether oxygens (including phenoxy) is 2. The van der Waals surface area contributed by atoms with E-state index in [1.807, 2.05) is 0 Å². The van der Waals surface area contributed by atoms with Crippen LogP contribution >= 0.6 is 0 Å². The maximum Gasteiger partial charge on any atom is 0.338 e. The number of nitro benzene ring substituents is 3. The lowest BCUT2D eigenvalue weighted by Gasteiger charge is -2.08. The highest BCUT2D eigenvalue weighted by molar-refractivity contribution is 5.99. The van der Waals surface area contributed by atoms with Gasteiger partial charge in [0, 0.05) is 23.8 Å². The molecule has 0 heterocycles. The summed E-state index contributed by atoms with van der Waals surface area (Å²) in [4.78, 5) is 54.7. The molecule has 172 valence electrons. The van der Waals surface area contributed by atoms with Crippen molar-refractivity contribution in [1.29, 1.82) is 0 Å². The third kappa shape index (κ3) is 5.53. The molecule has 0 N–H and O–H groups in total. The molecular formula is C21H13N3O10. The van der Waals surface area contributed by atoms with E-state index in [1.165, 1.54) is 36.4 Å². The number of nitrogens with zero attached hydrogens (tertiary/aromatic N) is 3. The molecule has 34 heavy (non-hydrogen) atoms. The number of Topliss-reactive ketones (excluding diaryl/α,β-unsaturated/α-hetero) is 1. The second-order valence-electron chi connectivity index (χ2n) is 6.60. The predicted octanol–water partition coefficient (Wildman–Crippen LogP) is 4.24. The van der Waals surface area contributed by atoms with Crippen molar-refractivity contribution in [2.24, 2.45) is 0 Å². The Bertz CT molecular complexity index is 1290. The van der Waals surface area contributed by atoms with Gasteiger partial charge in [-0.1, -0.05) is 0 Å². The minimum Gasteiger partial charge on any atom is -0.454 e. The molecule has 3 aromatic rings. The minimum absolute atomic E-state index is 0.0575. The van der Waals surface area contributed by atoms with E-state index in [9.17, 15) is 39.9 Å². The number of carbonyl (C=O) groups is 2. The maximum atomic E-state index is 12.2. The molecule has 0 aromatic heterocycles. The highest BCUT2D eigenvalue weighted by Gasteiger charge is 2.21. The molecular weight excluding hydrogens is 454 g/mol. The number of rotatable bonds is 9. The zero-order valence-electron chi connectivity index (χ0n) is 17.0. The Kier molecular flexibility index (Phi) is 6.87. The average Bonchev–Trinajstić information content (AvgIpc) is 2.82. The summed E-state index contributed by atoms with van der Waals surface area (Å²) in [6.45, 7) is -0.593. The second kappa shape index (κ2) is 9.95. The first-order valence-electron chi connectivity index (χ1n) is 9.31. The van der Waals surface area contributed by atoms with Crippen molar-refractivity contribution in [3.05, 3.63) is 108 Å². The largest absolute Gasteiger partial charge is 0.454 e. The Morgan fingerprint density at radius 3 is 1.82 bits per heavy atom. The zero-order valence-corrected chi connectivity index (χ0v) is 17.0. The van der Waals surface area contributed by atoms with Crippen LogP contribution in [0.5, 0.6) is 11.5 Å². The van der Waals surface area contributed by atoms with Crippen LogP contribution in [0.2, 0.25) is 0 Å². The van der Waals surface area contributed by atoms with Gasteiger partial charge in [0.1, 0.15) is 5.75 Å². The quantitative estimate of drug-likeness (QED) is 0.191. The standard InChI is InChI=1S/C21H13N3O10/c25-19(13-1-5-15(6-2-13)22(27)28)12-33-21(26)14-3-8-17(9-4-14)34-20-10-7-16(23(29)30)11-18(20)24(31)32/h1-11H,12H2. The van der Waals surface area contributed by atoms with Gasteiger partial charge in [0.25, 0.3) is 11.4 Å². The maximum absolute atomic E-state index is 12.2. The molecule has 0 unspecified atom stereocenters. The van der Waals surface area contributed by atoms with Crippen LogP contribution in [0.4, 0.5) is 17.1 Å². The van der Waals surface area contributed by atoms with E-state index in [2.05, 4.69) is 0 Å². The Morgan fingerprint density at radius 2 is 1.26 bits per heavy atom. The predicted molar refractivity (Wildman–Crippen MR) is 114 cm³/mol. The van der Waals surface area contributed by atoms with Gasteiger partial charge < -0.3 is 9.47 Å². The summed E-state index contributed by atoms with van der Waals surface area (Å²) < 4.78 is 10.4. The van der Waals surface area contributed by atoms with Crippen molar-refractivity contribution in [1.82, 2.24) is 0 Å². The van der Waals surface area contributed by atoms with E-state index in [4.69, 9.17) is 9.47 Å². The second-order valence-corrected chi connectivity index (χ2v) is 6.60. The van der Waals surface area contributed by atoms with Crippen LogP contribution in [0.3, 0.4) is 0 Å². The number of esters is 1. The number of hydrogen-bond donors (Lipinski definition) is 0. The van der Waals surface area contributed by atoms with Crippen molar-refractivity contribution < 1.29 is 33.8 Å². The van der Waals surface area contributed by atoms with Crippen LogP contribution in [0.15, 0.2) is 66.7 Å². The fraction of sp³-hybridized carbons (Fsp3) is 0.0476. The Labute approximate surface area is 189 Å². The summed E-state index contributed by atoms with van der Waals surface area (Å²) in [5, 5.41) is 32.7. The smallest absolute Gasteiger partial charge is 0.338 e. The van der Waals surface area contributed by atoms with Crippen molar-refractivity contribution in [2.45, 2.75) is 0 Å². The Balaban J connectivity index is 1.63. The van der Waals surface area contributed by atoms with E-state index in [0.717, 1.165) is 30.3 Å². The molecule has 13 nitrogen and oxygen atoms in total. The van der Waals surface area contributed by atoms with Crippen LogP contribution in [0, 0.1) is 30.3 Å². The summed E-state index contributed by atoms with van der Waals surface area (Å²) in [5.74, 6) is -1.52. The monoisotopic (exact) mass is 467 g/mol.